The molecule has 3 nitrogen and oxygen atoms in total. The first-order chi connectivity index (χ1) is 41.2. The van der Waals surface area contributed by atoms with Gasteiger partial charge in [0.25, 0.3) is 0 Å². The second-order valence-corrected chi connectivity index (χ2v) is 21.4. The molecule has 0 bridgehead atoms. The largest absolute Gasteiger partial charge is 0.455 e. The number of nitrogens with zero attached hydrogens (tertiary/aromatic N) is 1. The first kappa shape index (κ1) is 48.0. The molecule has 0 N–H and O–H groups in total. The summed E-state index contributed by atoms with van der Waals surface area (Å²) in [5.41, 5.74) is 18.4. The van der Waals surface area contributed by atoms with E-state index in [1.807, 2.05) is 0 Å². The van der Waals surface area contributed by atoms with Gasteiger partial charge in [-0.3, -0.25) is 0 Å². The predicted octanol–water partition coefficient (Wildman–Crippen LogP) is 22.9. The summed E-state index contributed by atoms with van der Waals surface area (Å²) in [5, 5.41) is 11.4. The van der Waals surface area contributed by atoms with Crippen molar-refractivity contribution in [2.24, 2.45) is 0 Å². The Hall–Kier alpha value is -11.0. The zero-order valence-electron chi connectivity index (χ0n) is 45.2. The molecule has 0 saturated heterocycles. The molecule has 14 aromatic carbocycles. The third-order valence-electron chi connectivity index (χ3n) is 16.6. The fraction of sp³-hybridized carbons (Fsp3) is 0. The highest BCUT2D eigenvalue weighted by atomic mass is 16.3. The van der Waals surface area contributed by atoms with Crippen molar-refractivity contribution in [1.82, 2.24) is 0 Å². The molecular weight excluding hydrogens is 1010 g/mol. The number of rotatable bonds is 10. The molecule has 0 aliphatic carbocycles. The molecule has 16 aromatic rings. The third kappa shape index (κ3) is 8.20. The average Bonchev–Trinajstić information content (AvgIpc) is 2.51. The molecular formula is C80H51NO2. The topological polar surface area (TPSA) is 29.5 Å². The first-order valence-corrected chi connectivity index (χ1v) is 28.4. The lowest BCUT2D eigenvalue weighted by Gasteiger charge is -2.27. The summed E-state index contributed by atoms with van der Waals surface area (Å²) in [6.07, 6.45) is 0. The number of furan rings is 2. The van der Waals surface area contributed by atoms with E-state index in [1.54, 1.807) is 0 Å². The number of anilines is 3. The van der Waals surface area contributed by atoms with Crippen LogP contribution in [0.3, 0.4) is 0 Å². The molecule has 388 valence electrons. The van der Waals surface area contributed by atoms with Crippen LogP contribution >= 0.6 is 0 Å². The van der Waals surface area contributed by atoms with Gasteiger partial charge in [-0.05, 0) is 125 Å². The van der Waals surface area contributed by atoms with E-state index in [9.17, 15) is 0 Å². The fourth-order valence-electron chi connectivity index (χ4n) is 12.8. The zero-order chi connectivity index (χ0) is 54.8. The van der Waals surface area contributed by atoms with E-state index < -0.39 is 0 Å². The summed E-state index contributed by atoms with van der Waals surface area (Å²) in [6.45, 7) is 0. The van der Waals surface area contributed by atoms with Crippen LogP contribution in [-0.4, -0.2) is 0 Å². The minimum atomic E-state index is 0.877. The minimum absolute atomic E-state index is 0.877. The summed E-state index contributed by atoms with van der Waals surface area (Å²) in [4.78, 5) is 2.40. The highest BCUT2D eigenvalue weighted by molar-refractivity contribution is 6.30. The van der Waals surface area contributed by atoms with Crippen LogP contribution in [0.1, 0.15) is 0 Å². The molecule has 0 spiro atoms. The number of benzene rings is 14. The van der Waals surface area contributed by atoms with E-state index in [2.05, 4.69) is 314 Å². The highest BCUT2D eigenvalue weighted by Crippen LogP contribution is 2.50. The predicted molar refractivity (Wildman–Crippen MR) is 349 cm³/mol. The molecule has 0 aliphatic heterocycles. The zero-order valence-corrected chi connectivity index (χ0v) is 45.2. The van der Waals surface area contributed by atoms with E-state index in [0.717, 1.165) is 138 Å². The number of fused-ring (bicyclic) bond motifs is 12. The van der Waals surface area contributed by atoms with Gasteiger partial charge in [0, 0.05) is 60.9 Å². The van der Waals surface area contributed by atoms with Crippen LogP contribution in [0, 0.1) is 0 Å². The molecule has 2 aromatic heterocycles. The van der Waals surface area contributed by atoms with Gasteiger partial charge in [-0.1, -0.05) is 261 Å². The van der Waals surface area contributed by atoms with Crippen LogP contribution in [0.4, 0.5) is 17.1 Å². The van der Waals surface area contributed by atoms with Crippen LogP contribution in [0.5, 0.6) is 0 Å². The van der Waals surface area contributed by atoms with Gasteiger partial charge >= 0.3 is 0 Å². The average molecular weight is 1060 g/mol. The monoisotopic (exact) mass is 1060 g/mol. The summed E-state index contributed by atoms with van der Waals surface area (Å²) in [6, 6.07) is 111. The third-order valence-corrected chi connectivity index (χ3v) is 16.6. The van der Waals surface area contributed by atoms with Gasteiger partial charge in [0.1, 0.15) is 22.7 Å². The number of hydrogen-bond donors (Lipinski definition) is 0. The van der Waals surface area contributed by atoms with E-state index in [-0.39, 0.29) is 0 Å². The van der Waals surface area contributed by atoms with Gasteiger partial charge < -0.3 is 13.7 Å². The Balaban J connectivity index is 0.853. The van der Waals surface area contributed by atoms with Crippen molar-refractivity contribution in [3.63, 3.8) is 0 Å². The van der Waals surface area contributed by atoms with Crippen LogP contribution in [-0.2, 0) is 0 Å². The summed E-state index contributed by atoms with van der Waals surface area (Å²) in [5.74, 6) is 1.75. The minimum Gasteiger partial charge on any atom is -0.455 e. The normalized spacial score (nSPS) is 11.6. The highest BCUT2D eigenvalue weighted by Gasteiger charge is 2.25. The maximum atomic E-state index is 7.05. The lowest BCUT2D eigenvalue weighted by molar-refractivity contribution is 0.635. The molecule has 3 heteroatoms. The molecule has 16 rings (SSSR count). The van der Waals surface area contributed by atoms with E-state index in [4.69, 9.17) is 8.83 Å². The Bertz CT molecular complexity index is 4820. The maximum absolute atomic E-state index is 7.05. The van der Waals surface area contributed by atoms with Gasteiger partial charge in [0.2, 0.25) is 0 Å². The van der Waals surface area contributed by atoms with E-state index in [0.29, 0.717) is 0 Å². The Kier molecular flexibility index (Phi) is 11.5. The quantitative estimate of drug-likeness (QED) is 0.128. The molecule has 0 saturated carbocycles. The van der Waals surface area contributed by atoms with Gasteiger partial charge in [-0.2, -0.15) is 0 Å². The van der Waals surface area contributed by atoms with Gasteiger partial charge in [-0.25, -0.2) is 0 Å². The molecule has 83 heavy (non-hydrogen) atoms. The lowest BCUT2D eigenvalue weighted by Crippen LogP contribution is -2.10. The van der Waals surface area contributed by atoms with Crippen molar-refractivity contribution in [3.8, 4) is 78.3 Å². The van der Waals surface area contributed by atoms with Crippen molar-refractivity contribution in [3.05, 3.63) is 309 Å². The van der Waals surface area contributed by atoms with Crippen LogP contribution in [0.2, 0.25) is 0 Å². The van der Waals surface area contributed by atoms with Crippen molar-refractivity contribution in [1.29, 1.82) is 0 Å². The summed E-state index contributed by atoms with van der Waals surface area (Å²) in [7, 11) is 0. The van der Waals surface area contributed by atoms with Gasteiger partial charge in [-0.15, -0.1) is 0 Å². The second-order valence-electron chi connectivity index (χ2n) is 21.4. The summed E-state index contributed by atoms with van der Waals surface area (Å²) < 4.78 is 14.1. The summed E-state index contributed by atoms with van der Waals surface area (Å²) >= 11 is 0. The fourth-order valence-corrected chi connectivity index (χ4v) is 12.8. The first-order valence-electron chi connectivity index (χ1n) is 28.4. The molecule has 0 atom stereocenters. The molecule has 0 aliphatic rings. The Morgan fingerprint density at radius 3 is 0.940 bits per heavy atom. The lowest BCUT2D eigenvalue weighted by atomic mass is 9.90. The molecule has 0 unspecified atom stereocenters. The van der Waals surface area contributed by atoms with Gasteiger partial charge in [0.15, 0.2) is 0 Å². The van der Waals surface area contributed by atoms with Crippen molar-refractivity contribution >= 4 is 82.1 Å². The maximum Gasteiger partial charge on any atom is 0.143 e. The second kappa shape index (κ2) is 20.0. The van der Waals surface area contributed by atoms with E-state index in [1.165, 1.54) is 21.9 Å². The smallest absolute Gasteiger partial charge is 0.143 e. The molecule has 0 amide bonds. The van der Waals surface area contributed by atoms with Gasteiger partial charge in [0.05, 0.1) is 0 Å². The van der Waals surface area contributed by atoms with Crippen LogP contribution < -0.4 is 4.90 Å². The standard InChI is InChI=1S/C80H51NO2/c1-6-22-52(23-7-1)53-40-44-62(45-41-53)81(63-34-20-32-58(48-63)60-42-46-67-71(50-60)65-36-16-18-38-69(65)79-75(67)73(54-24-8-2-9-25-54)77(82-79)56-28-12-4-13-29-56)64-35-21-33-59(49-64)61-43-47-68-72(51-61)66-37-17-19-39-70(66)80-76(68)74(55-26-10-3-11-27-55)78(83-80)57-30-14-5-15-31-57/h1-51H. The van der Waals surface area contributed by atoms with Crippen molar-refractivity contribution in [2.75, 3.05) is 4.90 Å². The Labute approximate surface area is 480 Å². The van der Waals surface area contributed by atoms with Crippen LogP contribution in [0.15, 0.2) is 318 Å². The van der Waals surface area contributed by atoms with Crippen molar-refractivity contribution in [2.45, 2.75) is 0 Å². The Morgan fingerprint density at radius 1 is 0.193 bits per heavy atom. The van der Waals surface area contributed by atoms with Crippen LogP contribution in [0.25, 0.3) is 143 Å². The molecule has 0 fully saturated rings. The Morgan fingerprint density at radius 2 is 0.518 bits per heavy atom. The SMILES string of the molecule is c1ccc(-c2ccc(N(c3cccc(-c4ccc5c(c4)c4ccccc4c4oc(-c6ccccc6)c(-c6ccccc6)c54)c3)c3cccc(-c4ccc5c(c4)c4ccccc4c4oc(-c6ccccc6)c(-c6ccccc6)c54)c3)cc2)cc1. The number of hydrogen-bond acceptors (Lipinski definition) is 3. The molecule has 2 heterocycles. The molecule has 0 radical (unpaired) electrons. The van der Waals surface area contributed by atoms with Crippen molar-refractivity contribution < 1.29 is 8.83 Å². The van der Waals surface area contributed by atoms with E-state index >= 15 is 0 Å².